The maximum Gasteiger partial charge on any atom is 0.142 e. The highest BCUT2D eigenvalue weighted by Gasteiger charge is 2.39. The van der Waals surface area contributed by atoms with Crippen molar-refractivity contribution >= 4 is 5.69 Å². The van der Waals surface area contributed by atoms with Crippen LogP contribution in [0.15, 0.2) is 18.2 Å². The topological polar surface area (TPSA) is 21.3 Å². The molecule has 0 saturated carbocycles. The molecule has 0 bridgehead atoms. The monoisotopic (exact) mass is 233 g/mol. The predicted octanol–water partition coefficient (Wildman–Crippen LogP) is 4.03. The molecule has 0 saturated heterocycles. The Bertz CT molecular complexity index is 415. The molecule has 0 aromatic heterocycles. The Kier molecular flexibility index (Phi) is 3.07. The van der Waals surface area contributed by atoms with Crippen molar-refractivity contribution in [1.29, 1.82) is 0 Å². The van der Waals surface area contributed by atoms with Crippen LogP contribution >= 0.6 is 0 Å². The molecule has 1 aliphatic heterocycles. The van der Waals surface area contributed by atoms with E-state index in [1.807, 2.05) is 6.07 Å². The van der Waals surface area contributed by atoms with Gasteiger partial charge in [-0.15, -0.1) is 0 Å². The first-order chi connectivity index (χ1) is 8.03. The van der Waals surface area contributed by atoms with Crippen LogP contribution in [0.4, 0.5) is 5.69 Å². The van der Waals surface area contributed by atoms with Gasteiger partial charge in [0.1, 0.15) is 5.75 Å². The van der Waals surface area contributed by atoms with Crippen molar-refractivity contribution in [1.82, 2.24) is 0 Å². The largest absolute Gasteiger partial charge is 0.495 e. The van der Waals surface area contributed by atoms with Gasteiger partial charge in [0.05, 0.1) is 12.8 Å². The number of rotatable bonds is 2. The van der Waals surface area contributed by atoms with Crippen LogP contribution in [0.3, 0.4) is 0 Å². The number of hydrogen-bond acceptors (Lipinski definition) is 2. The zero-order valence-electron chi connectivity index (χ0n) is 11.5. The van der Waals surface area contributed by atoms with E-state index in [2.05, 4.69) is 45.1 Å². The van der Waals surface area contributed by atoms with Crippen LogP contribution in [0.2, 0.25) is 0 Å². The molecule has 0 radical (unpaired) electrons. The SMILES string of the molecule is CCC1(C)Nc2c(OC)cccc2C(C)C1C. The van der Waals surface area contributed by atoms with Crippen LogP contribution in [0, 0.1) is 5.92 Å². The molecule has 2 rings (SSSR count). The molecule has 17 heavy (non-hydrogen) atoms. The van der Waals surface area contributed by atoms with E-state index < -0.39 is 0 Å². The summed E-state index contributed by atoms with van der Waals surface area (Å²) in [6, 6.07) is 6.32. The third-order valence-electron chi connectivity index (χ3n) is 4.67. The van der Waals surface area contributed by atoms with Crippen LogP contribution in [0.1, 0.15) is 45.6 Å². The van der Waals surface area contributed by atoms with E-state index in [-0.39, 0.29) is 5.54 Å². The summed E-state index contributed by atoms with van der Waals surface area (Å²) in [6.45, 7) is 9.21. The molecule has 2 nitrogen and oxygen atoms in total. The van der Waals surface area contributed by atoms with E-state index in [0.29, 0.717) is 11.8 Å². The zero-order chi connectivity index (χ0) is 12.6. The molecular weight excluding hydrogens is 210 g/mol. The smallest absolute Gasteiger partial charge is 0.142 e. The van der Waals surface area contributed by atoms with Crippen molar-refractivity contribution in [3.05, 3.63) is 23.8 Å². The van der Waals surface area contributed by atoms with Crippen LogP contribution < -0.4 is 10.1 Å². The van der Waals surface area contributed by atoms with Crippen LogP contribution in [-0.2, 0) is 0 Å². The number of methoxy groups -OCH3 is 1. The highest BCUT2D eigenvalue weighted by atomic mass is 16.5. The number of fused-ring (bicyclic) bond motifs is 1. The Hall–Kier alpha value is -1.18. The minimum Gasteiger partial charge on any atom is -0.495 e. The zero-order valence-corrected chi connectivity index (χ0v) is 11.5. The Labute approximate surface area is 104 Å². The maximum absolute atomic E-state index is 5.47. The predicted molar refractivity (Wildman–Crippen MR) is 72.9 cm³/mol. The highest BCUT2D eigenvalue weighted by Crippen LogP contribution is 2.47. The van der Waals surface area contributed by atoms with Crippen molar-refractivity contribution in [3.8, 4) is 5.75 Å². The molecule has 2 heteroatoms. The lowest BCUT2D eigenvalue weighted by molar-refractivity contribution is 0.281. The molecule has 1 aromatic rings. The quantitative estimate of drug-likeness (QED) is 0.832. The molecule has 1 heterocycles. The number of nitrogens with one attached hydrogen (secondary N) is 1. The average molecular weight is 233 g/mol. The number of benzene rings is 1. The molecule has 1 aromatic carbocycles. The second kappa shape index (κ2) is 4.25. The first-order valence-electron chi connectivity index (χ1n) is 6.48. The second-order valence-electron chi connectivity index (χ2n) is 5.40. The fourth-order valence-electron chi connectivity index (χ4n) is 2.86. The van der Waals surface area contributed by atoms with Crippen molar-refractivity contribution in [2.24, 2.45) is 5.92 Å². The first kappa shape index (κ1) is 12.3. The lowest BCUT2D eigenvalue weighted by Gasteiger charge is -2.45. The molecule has 0 spiro atoms. The molecule has 3 atom stereocenters. The van der Waals surface area contributed by atoms with Crippen LogP contribution in [0.25, 0.3) is 0 Å². The van der Waals surface area contributed by atoms with E-state index in [1.54, 1.807) is 7.11 Å². The van der Waals surface area contributed by atoms with Gasteiger partial charge >= 0.3 is 0 Å². The van der Waals surface area contributed by atoms with Gasteiger partial charge in [0, 0.05) is 5.54 Å². The molecule has 0 amide bonds. The third kappa shape index (κ3) is 1.80. The third-order valence-corrected chi connectivity index (χ3v) is 4.67. The Morgan fingerprint density at radius 3 is 2.65 bits per heavy atom. The van der Waals surface area contributed by atoms with Gasteiger partial charge in [-0.2, -0.15) is 0 Å². The summed E-state index contributed by atoms with van der Waals surface area (Å²) in [7, 11) is 1.74. The minimum atomic E-state index is 0.154. The van der Waals surface area contributed by atoms with E-state index in [4.69, 9.17) is 4.74 Å². The highest BCUT2D eigenvalue weighted by molar-refractivity contribution is 5.66. The molecule has 3 unspecified atom stereocenters. The summed E-state index contributed by atoms with van der Waals surface area (Å²) in [5.74, 6) is 2.14. The van der Waals surface area contributed by atoms with Gasteiger partial charge < -0.3 is 10.1 Å². The van der Waals surface area contributed by atoms with Crippen molar-refractivity contribution in [3.63, 3.8) is 0 Å². The van der Waals surface area contributed by atoms with E-state index in [9.17, 15) is 0 Å². The summed E-state index contributed by atoms with van der Waals surface area (Å²) < 4.78 is 5.47. The summed E-state index contributed by atoms with van der Waals surface area (Å²) in [5.41, 5.74) is 2.72. The normalized spacial score (nSPS) is 31.6. The van der Waals surface area contributed by atoms with Crippen LogP contribution in [-0.4, -0.2) is 12.6 Å². The molecule has 0 aliphatic carbocycles. The number of para-hydroxylation sites is 1. The Morgan fingerprint density at radius 1 is 1.35 bits per heavy atom. The number of anilines is 1. The molecular formula is C15H23NO. The average Bonchev–Trinajstić information content (AvgIpc) is 2.35. The van der Waals surface area contributed by atoms with Gasteiger partial charge in [-0.25, -0.2) is 0 Å². The Balaban J connectivity index is 2.53. The van der Waals surface area contributed by atoms with E-state index in [1.165, 1.54) is 11.3 Å². The summed E-state index contributed by atoms with van der Waals surface area (Å²) >= 11 is 0. The summed E-state index contributed by atoms with van der Waals surface area (Å²) in [4.78, 5) is 0. The molecule has 0 fully saturated rings. The second-order valence-corrected chi connectivity index (χ2v) is 5.40. The molecule has 1 N–H and O–H groups in total. The van der Waals surface area contributed by atoms with Crippen molar-refractivity contribution in [2.45, 2.75) is 45.6 Å². The molecule has 94 valence electrons. The Morgan fingerprint density at radius 2 is 2.06 bits per heavy atom. The van der Waals surface area contributed by atoms with Crippen LogP contribution in [0.5, 0.6) is 5.75 Å². The number of hydrogen-bond donors (Lipinski definition) is 1. The van der Waals surface area contributed by atoms with E-state index in [0.717, 1.165) is 12.2 Å². The molecule has 1 aliphatic rings. The summed E-state index contributed by atoms with van der Waals surface area (Å²) in [6.07, 6.45) is 1.12. The lowest BCUT2D eigenvalue weighted by atomic mass is 9.71. The fraction of sp³-hybridized carbons (Fsp3) is 0.600. The maximum atomic E-state index is 5.47. The van der Waals surface area contributed by atoms with E-state index >= 15 is 0 Å². The van der Waals surface area contributed by atoms with Gasteiger partial charge in [-0.3, -0.25) is 0 Å². The standard InChI is InChI=1S/C15H23NO/c1-6-15(4)11(3)10(2)12-8-7-9-13(17-5)14(12)16-15/h7-11,16H,6H2,1-5H3. The lowest BCUT2D eigenvalue weighted by Crippen LogP contribution is -2.46. The van der Waals surface area contributed by atoms with Crippen molar-refractivity contribution < 1.29 is 4.74 Å². The van der Waals surface area contributed by atoms with Gasteiger partial charge in [-0.05, 0) is 36.8 Å². The van der Waals surface area contributed by atoms with Gasteiger partial charge in [0.25, 0.3) is 0 Å². The minimum absolute atomic E-state index is 0.154. The number of ether oxygens (including phenoxy) is 1. The van der Waals surface area contributed by atoms with Crippen molar-refractivity contribution in [2.75, 3.05) is 12.4 Å². The fourth-order valence-corrected chi connectivity index (χ4v) is 2.86. The summed E-state index contributed by atoms with van der Waals surface area (Å²) in [5, 5.41) is 3.70. The van der Waals surface area contributed by atoms with Gasteiger partial charge in [0.15, 0.2) is 0 Å². The first-order valence-corrected chi connectivity index (χ1v) is 6.48. The van der Waals surface area contributed by atoms with Gasteiger partial charge in [0.2, 0.25) is 0 Å². The van der Waals surface area contributed by atoms with Gasteiger partial charge in [-0.1, -0.05) is 32.9 Å².